The Hall–Kier alpha value is -1.38. The molecule has 0 bridgehead atoms. The van der Waals surface area contributed by atoms with Crippen LogP contribution in [-0.2, 0) is 0 Å². The summed E-state index contributed by atoms with van der Waals surface area (Å²) in [4.78, 5) is 2.09. The van der Waals surface area contributed by atoms with Gasteiger partial charge in [-0.2, -0.15) is 5.53 Å². The van der Waals surface area contributed by atoms with Crippen molar-refractivity contribution in [3.05, 3.63) is 23.3 Å². The molecule has 0 amide bonds. The summed E-state index contributed by atoms with van der Waals surface area (Å²) < 4.78 is 0. The van der Waals surface area contributed by atoms with E-state index in [2.05, 4.69) is 23.0 Å². The Balaban J connectivity index is 3.28. The van der Waals surface area contributed by atoms with Crippen LogP contribution < -0.4 is 10.4 Å². The highest BCUT2D eigenvalue weighted by atomic mass is 15.1. The zero-order chi connectivity index (χ0) is 10.0. The maximum absolute atomic E-state index is 5.26. The van der Waals surface area contributed by atoms with E-state index in [0.717, 1.165) is 11.3 Å². The monoisotopic (exact) mass is 178 g/mol. The smallest absolute Gasteiger partial charge is 0.133 e. The average Bonchev–Trinajstić information content (AvgIpc) is 2.07. The molecule has 70 valence electrons. The van der Waals surface area contributed by atoms with E-state index in [1.807, 2.05) is 27.1 Å². The summed E-state index contributed by atoms with van der Waals surface area (Å²) in [7, 11) is 4.06. The van der Waals surface area contributed by atoms with Gasteiger partial charge in [0.2, 0.25) is 0 Å². The van der Waals surface area contributed by atoms with Crippen molar-refractivity contribution in [1.82, 2.24) is 0 Å². The number of benzene rings is 1. The van der Waals surface area contributed by atoms with Crippen molar-refractivity contribution in [3.8, 4) is 0 Å². The third-order valence-corrected chi connectivity index (χ3v) is 2.14. The van der Waals surface area contributed by atoms with Gasteiger partial charge >= 0.3 is 0 Å². The summed E-state index contributed by atoms with van der Waals surface area (Å²) in [6, 6.07) is 4.10. The Kier molecular flexibility index (Phi) is 2.66. The van der Waals surface area contributed by atoms with E-state index < -0.39 is 0 Å². The van der Waals surface area contributed by atoms with E-state index in [4.69, 9.17) is 5.53 Å². The fourth-order valence-electron chi connectivity index (χ4n) is 1.41. The molecule has 0 unspecified atom stereocenters. The molecule has 2 N–H and O–H groups in total. The second-order valence-electron chi connectivity index (χ2n) is 3.45. The maximum atomic E-state index is 5.26. The van der Waals surface area contributed by atoms with Gasteiger partial charge < -0.3 is 4.90 Å². The molecule has 0 aliphatic rings. The molecule has 0 spiro atoms. The van der Waals surface area contributed by atoms with Crippen molar-refractivity contribution in [2.45, 2.75) is 13.8 Å². The van der Waals surface area contributed by atoms with Crippen molar-refractivity contribution in [2.75, 3.05) is 19.0 Å². The Labute approximate surface area is 78.9 Å². The van der Waals surface area contributed by atoms with Crippen LogP contribution in [0.2, 0.25) is 0 Å². The van der Waals surface area contributed by atoms with Crippen molar-refractivity contribution < 1.29 is 5.53 Å². The molecular weight excluding hydrogens is 162 g/mol. The van der Waals surface area contributed by atoms with E-state index in [-0.39, 0.29) is 0 Å². The number of hydrogen-bond donors (Lipinski definition) is 1. The van der Waals surface area contributed by atoms with E-state index in [0.29, 0.717) is 0 Å². The Morgan fingerprint density at radius 3 is 2.23 bits per heavy atom. The molecule has 1 rings (SSSR count). The molecule has 0 aliphatic carbocycles. The standard InChI is InChI=1S/C10H15N3/c1-7-6-10(13(3)4)8(2)5-9(7)12-11/h5-6,11H,1-4H3/p+1. The Morgan fingerprint density at radius 1 is 1.15 bits per heavy atom. The minimum absolute atomic E-state index is 0.864. The molecular formula is C10H16N3+. The lowest BCUT2D eigenvalue weighted by atomic mass is 10.1. The van der Waals surface area contributed by atoms with Crippen LogP contribution in [0.3, 0.4) is 0 Å². The van der Waals surface area contributed by atoms with Crippen LogP contribution in [0, 0.1) is 13.8 Å². The fourth-order valence-corrected chi connectivity index (χ4v) is 1.41. The summed E-state index contributed by atoms with van der Waals surface area (Å²) in [5.74, 6) is 0. The molecule has 3 nitrogen and oxygen atoms in total. The normalized spacial score (nSPS) is 9.85. The van der Waals surface area contributed by atoms with Gasteiger partial charge in [-0.3, -0.25) is 0 Å². The summed E-state index contributed by atoms with van der Waals surface area (Å²) in [6.07, 6.45) is 0. The zero-order valence-electron chi connectivity index (χ0n) is 8.63. The number of hydrogen-bond acceptors (Lipinski definition) is 2. The zero-order valence-corrected chi connectivity index (χ0v) is 8.63. The van der Waals surface area contributed by atoms with E-state index in [9.17, 15) is 0 Å². The van der Waals surface area contributed by atoms with Crippen molar-refractivity contribution in [1.29, 1.82) is 0 Å². The van der Waals surface area contributed by atoms with Crippen LogP contribution >= 0.6 is 0 Å². The predicted octanol–water partition coefficient (Wildman–Crippen LogP) is 1.21. The van der Waals surface area contributed by atoms with Gasteiger partial charge in [0.15, 0.2) is 0 Å². The number of rotatable bonds is 2. The predicted molar refractivity (Wildman–Crippen MR) is 54.3 cm³/mol. The molecule has 0 radical (unpaired) electrons. The fraction of sp³-hybridized carbons (Fsp3) is 0.400. The molecule has 0 atom stereocenters. The Morgan fingerprint density at radius 2 is 1.77 bits per heavy atom. The summed E-state index contributed by atoms with van der Waals surface area (Å²) >= 11 is 0. The third kappa shape index (κ3) is 1.86. The topological polar surface area (TPSA) is 41.2 Å². The Bertz CT molecular complexity index is 329. The van der Waals surface area contributed by atoms with E-state index in [1.54, 1.807) is 0 Å². The first-order valence-corrected chi connectivity index (χ1v) is 4.25. The number of nitrogens with two attached hydrogens (primary N) is 1. The lowest BCUT2D eigenvalue weighted by molar-refractivity contribution is -0.210. The van der Waals surface area contributed by atoms with E-state index in [1.165, 1.54) is 11.3 Å². The van der Waals surface area contributed by atoms with Gasteiger partial charge in [-0.25, -0.2) is 0 Å². The average molecular weight is 178 g/mol. The van der Waals surface area contributed by atoms with Crippen molar-refractivity contribution >= 4 is 11.4 Å². The minimum Gasteiger partial charge on any atom is -0.377 e. The first-order valence-electron chi connectivity index (χ1n) is 4.25. The molecule has 0 aliphatic heterocycles. The van der Waals surface area contributed by atoms with Gasteiger partial charge in [-0.1, -0.05) is 0 Å². The molecule has 0 saturated carbocycles. The SMILES string of the molecule is Cc1cc(N(C)C)c(C)cc1N=[NH2+]. The van der Waals surface area contributed by atoms with Crippen LogP contribution in [0.15, 0.2) is 17.2 Å². The van der Waals surface area contributed by atoms with Gasteiger partial charge in [-0.05, 0) is 42.2 Å². The lowest BCUT2D eigenvalue weighted by Gasteiger charge is -2.16. The highest BCUT2D eigenvalue weighted by molar-refractivity contribution is 5.61. The van der Waals surface area contributed by atoms with Crippen LogP contribution in [0.1, 0.15) is 11.1 Å². The van der Waals surface area contributed by atoms with Crippen LogP contribution in [-0.4, -0.2) is 14.1 Å². The van der Waals surface area contributed by atoms with Gasteiger partial charge in [0.05, 0.1) is 0 Å². The minimum atomic E-state index is 0.864. The molecule has 1 aromatic carbocycles. The molecule has 0 fully saturated rings. The van der Waals surface area contributed by atoms with Gasteiger partial charge in [0.1, 0.15) is 5.69 Å². The van der Waals surface area contributed by atoms with Crippen LogP contribution in [0.4, 0.5) is 11.4 Å². The molecule has 1 aromatic rings. The lowest BCUT2D eigenvalue weighted by Crippen LogP contribution is -2.22. The van der Waals surface area contributed by atoms with Gasteiger partial charge in [0.25, 0.3) is 0 Å². The van der Waals surface area contributed by atoms with Crippen molar-refractivity contribution in [2.24, 2.45) is 5.11 Å². The molecule has 13 heavy (non-hydrogen) atoms. The number of aryl methyl sites for hydroxylation is 2. The molecule has 0 heterocycles. The van der Waals surface area contributed by atoms with Crippen molar-refractivity contribution in [3.63, 3.8) is 0 Å². The van der Waals surface area contributed by atoms with Gasteiger partial charge in [-0.15, -0.1) is 0 Å². The maximum Gasteiger partial charge on any atom is 0.133 e. The first-order chi connectivity index (χ1) is 6.06. The summed E-state index contributed by atoms with van der Waals surface area (Å²) in [5.41, 5.74) is 9.64. The molecule has 0 saturated heterocycles. The summed E-state index contributed by atoms with van der Waals surface area (Å²) in [5, 5.41) is 3.71. The third-order valence-electron chi connectivity index (χ3n) is 2.14. The highest BCUT2D eigenvalue weighted by Gasteiger charge is 2.06. The van der Waals surface area contributed by atoms with Crippen LogP contribution in [0.5, 0.6) is 0 Å². The number of nitrogens with zero attached hydrogens (tertiary/aromatic N) is 2. The molecule has 3 heteroatoms. The first kappa shape index (κ1) is 9.71. The van der Waals surface area contributed by atoms with Crippen LogP contribution in [0.25, 0.3) is 0 Å². The second-order valence-corrected chi connectivity index (χ2v) is 3.45. The van der Waals surface area contributed by atoms with Gasteiger partial charge in [0, 0.05) is 19.8 Å². The molecule has 0 aromatic heterocycles. The summed E-state index contributed by atoms with van der Waals surface area (Å²) in [6.45, 7) is 4.07. The van der Waals surface area contributed by atoms with E-state index >= 15 is 0 Å². The quantitative estimate of drug-likeness (QED) is 0.679. The largest absolute Gasteiger partial charge is 0.377 e. The second kappa shape index (κ2) is 3.56. The number of anilines is 1. The highest BCUT2D eigenvalue weighted by Crippen LogP contribution is 2.26.